The Labute approximate surface area is 208 Å². The van der Waals surface area contributed by atoms with Crippen LogP contribution >= 0.6 is 35.4 Å². The number of rotatable bonds is 4. The van der Waals surface area contributed by atoms with Gasteiger partial charge in [0.2, 0.25) is 0 Å². The van der Waals surface area contributed by atoms with E-state index >= 15 is 0 Å². The number of hydrogen-bond donors (Lipinski definition) is 3. The average Bonchev–Trinajstić information content (AvgIpc) is 2.72. The van der Waals surface area contributed by atoms with E-state index in [2.05, 4.69) is 36.7 Å². The molecule has 0 fully saturated rings. The molecular formula is C25H23Cl2N3O2S. The summed E-state index contributed by atoms with van der Waals surface area (Å²) in [6.45, 7) is 6.37. The van der Waals surface area contributed by atoms with Crippen molar-refractivity contribution >= 4 is 63.7 Å². The van der Waals surface area contributed by atoms with Crippen LogP contribution in [0, 0.1) is 0 Å². The molecule has 3 aromatic rings. The van der Waals surface area contributed by atoms with Crippen LogP contribution in [0.3, 0.4) is 0 Å². The van der Waals surface area contributed by atoms with Crippen LogP contribution in [0.2, 0.25) is 10.0 Å². The Hall–Kier alpha value is -2.93. The fourth-order valence-electron chi connectivity index (χ4n) is 3.02. The minimum Gasteiger partial charge on any atom is -0.332 e. The number of halogens is 2. The van der Waals surface area contributed by atoms with Gasteiger partial charge >= 0.3 is 0 Å². The second-order valence-corrected chi connectivity index (χ2v) is 9.71. The summed E-state index contributed by atoms with van der Waals surface area (Å²) in [7, 11) is 0. The van der Waals surface area contributed by atoms with E-state index in [0.29, 0.717) is 27.0 Å². The van der Waals surface area contributed by atoms with Gasteiger partial charge in [-0.25, -0.2) is 0 Å². The van der Waals surface area contributed by atoms with Gasteiger partial charge in [0.15, 0.2) is 5.11 Å². The fraction of sp³-hybridized carbons (Fsp3) is 0.160. The van der Waals surface area contributed by atoms with E-state index < -0.39 is 5.91 Å². The van der Waals surface area contributed by atoms with Crippen LogP contribution in [0.25, 0.3) is 0 Å². The lowest BCUT2D eigenvalue weighted by Gasteiger charge is -2.19. The van der Waals surface area contributed by atoms with Gasteiger partial charge in [-0.3, -0.25) is 14.9 Å². The molecule has 3 rings (SSSR count). The Morgan fingerprint density at radius 2 is 1.33 bits per heavy atom. The van der Waals surface area contributed by atoms with Crippen LogP contribution < -0.4 is 16.0 Å². The zero-order valence-corrected chi connectivity index (χ0v) is 20.7. The molecule has 0 unspecified atom stereocenters. The highest BCUT2D eigenvalue weighted by atomic mass is 35.5. The topological polar surface area (TPSA) is 70.2 Å². The van der Waals surface area contributed by atoms with Gasteiger partial charge in [0.1, 0.15) is 0 Å². The van der Waals surface area contributed by atoms with E-state index in [4.69, 9.17) is 35.4 Å². The van der Waals surface area contributed by atoms with Crippen molar-refractivity contribution in [1.82, 2.24) is 5.32 Å². The summed E-state index contributed by atoms with van der Waals surface area (Å²) < 4.78 is 0. The summed E-state index contributed by atoms with van der Waals surface area (Å²) in [5, 5.41) is 9.18. The van der Waals surface area contributed by atoms with Gasteiger partial charge < -0.3 is 10.6 Å². The molecule has 2 amide bonds. The second kappa shape index (κ2) is 10.3. The fourth-order valence-corrected chi connectivity index (χ4v) is 3.76. The maximum atomic E-state index is 12.6. The van der Waals surface area contributed by atoms with Crippen molar-refractivity contribution in [3.63, 3.8) is 0 Å². The third kappa shape index (κ3) is 7.02. The molecule has 3 N–H and O–H groups in total. The molecule has 0 atom stereocenters. The molecule has 0 aromatic heterocycles. The smallest absolute Gasteiger partial charge is 0.257 e. The lowest BCUT2D eigenvalue weighted by atomic mass is 9.87. The molecule has 0 saturated carbocycles. The number of nitrogens with one attached hydrogen (secondary N) is 3. The molecule has 8 heteroatoms. The van der Waals surface area contributed by atoms with Crippen LogP contribution in [0.5, 0.6) is 0 Å². The monoisotopic (exact) mass is 499 g/mol. The van der Waals surface area contributed by atoms with Gasteiger partial charge in [-0.2, -0.15) is 0 Å². The zero-order chi connectivity index (χ0) is 24.2. The van der Waals surface area contributed by atoms with E-state index in [1.54, 1.807) is 24.3 Å². The lowest BCUT2D eigenvalue weighted by Crippen LogP contribution is -2.34. The number of benzene rings is 3. The third-order valence-corrected chi connectivity index (χ3v) is 5.38. The predicted molar refractivity (Wildman–Crippen MR) is 140 cm³/mol. The zero-order valence-electron chi connectivity index (χ0n) is 18.3. The van der Waals surface area contributed by atoms with Gasteiger partial charge in [-0.05, 0) is 71.7 Å². The molecule has 3 aromatic carbocycles. The molecule has 0 radical (unpaired) electrons. The van der Waals surface area contributed by atoms with E-state index in [1.165, 1.54) is 18.2 Å². The predicted octanol–water partition coefficient (Wildman–Crippen LogP) is 6.67. The van der Waals surface area contributed by atoms with Crippen molar-refractivity contribution in [3.05, 3.63) is 93.5 Å². The first-order chi connectivity index (χ1) is 15.5. The number of thiocarbonyl (C=S) groups is 1. The summed E-state index contributed by atoms with van der Waals surface area (Å²) in [6, 6.07) is 19.1. The van der Waals surface area contributed by atoms with Gasteiger partial charge in [0.05, 0.1) is 0 Å². The first kappa shape index (κ1) is 24.7. The second-order valence-electron chi connectivity index (χ2n) is 8.43. The van der Waals surface area contributed by atoms with Crippen molar-refractivity contribution in [2.45, 2.75) is 26.2 Å². The van der Waals surface area contributed by atoms with Gasteiger partial charge in [-0.15, -0.1) is 0 Å². The maximum Gasteiger partial charge on any atom is 0.257 e. The standard InChI is InChI=1S/C25H23Cl2N3O2S/c1-25(2,3)17-9-7-15(8-10-17)22(31)28-20-5-4-6-21(14-20)29-24(33)30-23(32)16-11-18(26)13-19(27)12-16/h4-14H,1-3H3,(H,28,31)(H2,29,30,32,33). The first-order valence-corrected chi connectivity index (χ1v) is 11.3. The molecule has 0 saturated heterocycles. The van der Waals surface area contributed by atoms with E-state index in [9.17, 15) is 9.59 Å². The van der Waals surface area contributed by atoms with Crippen molar-refractivity contribution in [1.29, 1.82) is 0 Å². The Morgan fingerprint density at radius 3 is 1.91 bits per heavy atom. The first-order valence-electron chi connectivity index (χ1n) is 10.1. The van der Waals surface area contributed by atoms with E-state index in [0.717, 1.165) is 5.56 Å². The SMILES string of the molecule is CC(C)(C)c1ccc(C(=O)Nc2cccc(NC(=S)NC(=O)c3cc(Cl)cc(Cl)c3)c2)cc1. The maximum absolute atomic E-state index is 12.6. The molecule has 170 valence electrons. The third-order valence-electron chi connectivity index (χ3n) is 4.74. The molecule has 33 heavy (non-hydrogen) atoms. The van der Waals surface area contributed by atoms with E-state index in [1.807, 2.05) is 24.3 Å². The van der Waals surface area contributed by atoms with Gasteiger partial charge in [0.25, 0.3) is 11.8 Å². The number of carbonyl (C=O) groups excluding carboxylic acids is 2. The molecule has 0 aliphatic rings. The quantitative estimate of drug-likeness (QED) is 0.350. The normalized spacial score (nSPS) is 10.9. The van der Waals surface area contributed by atoms with Crippen molar-refractivity contribution in [2.24, 2.45) is 0 Å². The summed E-state index contributed by atoms with van der Waals surface area (Å²) in [5.41, 5.74) is 3.20. The number of hydrogen-bond acceptors (Lipinski definition) is 3. The molecule has 0 heterocycles. The number of carbonyl (C=O) groups is 2. The lowest BCUT2D eigenvalue weighted by molar-refractivity contribution is 0.0976. The summed E-state index contributed by atoms with van der Waals surface area (Å²) >= 11 is 17.1. The molecular weight excluding hydrogens is 477 g/mol. The minimum absolute atomic E-state index is 0.0158. The summed E-state index contributed by atoms with van der Waals surface area (Å²) in [6.07, 6.45) is 0. The molecule has 0 bridgehead atoms. The molecule has 0 aliphatic heterocycles. The van der Waals surface area contributed by atoms with Gasteiger partial charge in [-0.1, -0.05) is 62.2 Å². The Balaban J connectivity index is 1.62. The summed E-state index contributed by atoms with van der Waals surface area (Å²) in [4.78, 5) is 25.0. The van der Waals surface area contributed by atoms with Crippen LogP contribution in [0.15, 0.2) is 66.7 Å². The molecule has 0 aliphatic carbocycles. The minimum atomic E-state index is -0.444. The molecule has 5 nitrogen and oxygen atoms in total. The van der Waals surface area contributed by atoms with Crippen LogP contribution in [0.4, 0.5) is 11.4 Å². The van der Waals surface area contributed by atoms with Crippen molar-refractivity contribution < 1.29 is 9.59 Å². The number of amides is 2. The highest BCUT2D eigenvalue weighted by Crippen LogP contribution is 2.23. The average molecular weight is 500 g/mol. The number of anilines is 2. The van der Waals surface area contributed by atoms with Crippen molar-refractivity contribution in [2.75, 3.05) is 10.6 Å². The highest BCUT2D eigenvalue weighted by molar-refractivity contribution is 7.80. The Kier molecular flexibility index (Phi) is 7.74. The Bertz CT molecular complexity index is 1180. The van der Waals surface area contributed by atoms with Crippen LogP contribution in [0.1, 0.15) is 47.1 Å². The van der Waals surface area contributed by atoms with Crippen LogP contribution in [-0.4, -0.2) is 16.9 Å². The largest absolute Gasteiger partial charge is 0.332 e. The molecule has 0 spiro atoms. The highest BCUT2D eigenvalue weighted by Gasteiger charge is 2.15. The summed E-state index contributed by atoms with van der Waals surface area (Å²) in [5.74, 6) is -0.665. The Morgan fingerprint density at radius 1 is 0.758 bits per heavy atom. The van der Waals surface area contributed by atoms with Crippen molar-refractivity contribution in [3.8, 4) is 0 Å². The van der Waals surface area contributed by atoms with E-state index in [-0.39, 0.29) is 22.0 Å². The van der Waals surface area contributed by atoms with Gasteiger partial charge in [0, 0.05) is 32.5 Å². The van der Waals surface area contributed by atoms with Crippen LogP contribution in [-0.2, 0) is 5.41 Å².